The molecule has 0 aliphatic rings. The lowest BCUT2D eigenvalue weighted by molar-refractivity contribution is 0.410. The molecule has 0 saturated carbocycles. The third-order valence-corrected chi connectivity index (χ3v) is 3.61. The highest BCUT2D eigenvalue weighted by Crippen LogP contribution is 2.37. The van der Waals surface area contributed by atoms with E-state index in [0.717, 1.165) is 10.0 Å². The van der Waals surface area contributed by atoms with Crippen LogP contribution >= 0.6 is 27.5 Å². The van der Waals surface area contributed by atoms with Gasteiger partial charge in [-0.1, -0.05) is 34.1 Å². The second kappa shape index (κ2) is 5.72. The van der Waals surface area contributed by atoms with Crippen LogP contribution in [0.2, 0.25) is 0 Å². The molecular weight excluding hydrogens is 319 g/mol. The molecule has 0 bridgehead atoms. The molecule has 0 amide bonds. The first-order valence-corrected chi connectivity index (χ1v) is 6.58. The van der Waals surface area contributed by atoms with Gasteiger partial charge in [0.1, 0.15) is 11.6 Å². The first-order valence-electron chi connectivity index (χ1n) is 5.35. The normalized spacial score (nSPS) is 12.2. The van der Waals surface area contributed by atoms with Gasteiger partial charge in [-0.05, 0) is 24.3 Å². The van der Waals surface area contributed by atoms with Crippen molar-refractivity contribution in [3.63, 3.8) is 0 Å². The fourth-order valence-corrected chi connectivity index (χ4v) is 2.48. The van der Waals surface area contributed by atoms with Gasteiger partial charge >= 0.3 is 0 Å². The maximum absolute atomic E-state index is 13.7. The second-order valence-electron chi connectivity index (χ2n) is 3.77. The number of rotatable bonds is 3. The van der Waals surface area contributed by atoms with E-state index in [1.807, 2.05) is 12.1 Å². The number of methoxy groups -OCH3 is 1. The summed E-state index contributed by atoms with van der Waals surface area (Å²) in [7, 11) is 1.57. The summed E-state index contributed by atoms with van der Waals surface area (Å²) in [5, 5.41) is -0.585. The van der Waals surface area contributed by atoms with Crippen LogP contribution in [0.3, 0.4) is 0 Å². The number of hydrogen-bond donors (Lipinski definition) is 0. The van der Waals surface area contributed by atoms with Gasteiger partial charge in [-0.25, -0.2) is 4.39 Å². The van der Waals surface area contributed by atoms with E-state index in [1.54, 1.807) is 31.4 Å². The van der Waals surface area contributed by atoms with Crippen molar-refractivity contribution >= 4 is 27.5 Å². The van der Waals surface area contributed by atoms with Crippen LogP contribution in [0.15, 0.2) is 46.9 Å². The summed E-state index contributed by atoms with van der Waals surface area (Å²) >= 11 is 9.73. The Balaban J connectivity index is 2.48. The Kier molecular flexibility index (Phi) is 4.25. The predicted octanol–water partition coefficient (Wildman–Crippen LogP) is 4.93. The highest BCUT2D eigenvalue weighted by atomic mass is 79.9. The van der Waals surface area contributed by atoms with Gasteiger partial charge in [-0.15, -0.1) is 11.6 Å². The molecule has 4 heteroatoms. The van der Waals surface area contributed by atoms with Crippen molar-refractivity contribution in [3.8, 4) is 5.75 Å². The van der Waals surface area contributed by atoms with Gasteiger partial charge in [-0.2, -0.15) is 0 Å². The van der Waals surface area contributed by atoms with E-state index in [-0.39, 0.29) is 5.82 Å². The molecule has 0 radical (unpaired) electrons. The molecule has 0 aliphatic heterocycles. The Hall–Kier alpha value is -1.06. The van der Waals surface area contributed by atoms with E-state index in [4.69, 9.17) is 16.3 Å². The minimum atomic E-state index is -0.585. The third kappa shape index (κ3) is 2.68. The highest BCUT2D eigenvalue weighted by molar-refractivity contribution is 9.10. The average Bonchev–Trinajstić information content (AvgIpc) is 2.38. The molecule has 1 unspecified atom stereocenters. The summed E-state index contributed by atoms with van der Waals surface area (Å²) in [4.78, 5) is 0. The minimum absolute atomic E-state index is 0.320. The van der Waals surface area contributed by atoms with Gasteiger partial charge in [0.2, 0.25) is 0 Å². The number of benzene rings is 2. The summed E-state index contributed by atoms with van der Waals surface area (Å²) in [6, 6.07) is 12.0. The molecule has 2 aromatic carbocycles. The van der Waals surface area contributed by atoms with E-state index in [0.29, 0.717) is 11.3 Å². The second-order valence-corrected chi connectivity index (χ2v) is 5.12. The molecule has 1 atom stereocenters. The zero-order valence-electron chi connectivity index (χ0n) is 9.66. The van der Waals surface area contributed by atoms with Gasteiger partial charge in [-0.3, -0.25) is 0 Å². The summed E-state index contributed by atoms with van der Waals surface area (Å²) in [5.41, 5.74) is 1.18. The first-order chi connectivity index (χ1) is 8.63. The predicted molar refractivity (Wildman–Crippen MR) is 74.8 cm³/mol. The van der Waals surface area contributed by atoms with E-state index < -0.39 is 5.38 Å². The summed E-state index contributed by atoms with van der Waals surface area (Å²) in [5.74, 6) is 0.320. The van der Waals surface area contributed by atoms with E-state index >= 15 is 0 Å². The fourth-order valence-electron chi connectivity index (χ4n) is 1.75. The van der Waals surface area contributed by atoms with Gasteiger partial charge in [0.05, 0.1) is 12.5 Å². The molecule has 2 aromatic rings. The Bertz CT molecular complexity index is 559. The topological polar surface area (TPSA) is 9.23 Å². The standard InChI is InChI=1S/C14H11BrClFO/c1-18-13-7-6-9(15)8-11(13)14(16)10-4-2-3-5-12(10)17/h2-8,14H,1H3. The van der Waals surface area contributed by atoms with E-state index in [1.165, 1.54) is 6.07 Å². The van der Waals surface area contributed by atoms with Gasteiger partial charge in [0.15, 0.2) is 0 Å². The maximum atomic E-state index is 13.7. The SMILES string of the molecule is COc1ccc(Br)cc1C(Cl)c1ccccc1F. The molecule has 18 heavy (non-hydrogen) atoms. The number of hydrogen-bond acceptors (Lipinski definition) is 1. The lowest BCUT2D eigenvalue weighted by Crippen LogP contribution is -2.00. The van der Waals surface area contributed by atoms with Crippen LogP contribution in [0, 0.1) is 5.82 Å². The molecule has 0 spiro atoms. The van der Waals surface area contributed by atoms with E-state index in [2.05, 4.69) is 15.9 Å². The summed E-state index contributed by atoms with van der Waals surface area (Å²) in [6.07, 6.45) is 0. The van der Waals surface area contributed by atoms with Crippen molar-refractivity contribution in [1.29, 1.82) is 0 Å². The van der Waals surface area contributed by atoms with Crippen molar-refractivity contribution in [3.05, 3.63) is 63.9 Å². The average molecular weight is 330 g/mol. The smallest absolute Gasteiger partial charge is 0.128 e. The van der Waals surface area contributed by atoms with Crippen LogP contribution in [-0.2, 0) is 0 Å². The lowest BCUT2D eigenvalue weighted by Gasteiger charge is -2.15. The Morgan fingerprint density at radius 3 is 2.56 bits per heavy atom. The van der Waals surface area contributed by atoms with Crippen molar-refractivity contribution in [1.82, 2.24) is 0 Å². The highest BCUT2D eigenvalue weighted by Gasteiger charge is 2.18. The third-order valence-electron chi connectivity index (χ3n) is 2.64. The summed E-state index contributed by atoms with van der Waals surface area (Å²) < 4.78 is 19.9. The zero-order chi connectivity index (χ0) is 13.1. The molecule has 0 N–H and O–H groups in total. The molecule has 0 aliphatic carbocycles. The van der Waals surface area contributed by atoms with Crippen molar-refractivity contribution < 1.29 is 9.13 Å². The van der Waals surface area contributed by atoms with E-state index in [9.17, 15) is 4.39 Å². The van der Waals surface area contributed by atoms with Gasteiger partial charge < -0.3 is 4.74 Å². The van der Waals surface area contributed by atoms with Crippen LogP contribution in [0.25, 0.3) is 0 Å². The van der Waals surface area contributed by atoms with Crippen LogP contribution in [0.1, 0.15) is 16.5 Å². The molecule has 0 saturated heterocycles. The number of alkyl halides is 1. The molecule has 94 valence electrons. The Morgan fingerprint density at radius 2 is 1.89 bits per heavy atom. The molecule has 0 fully saturated rings. The van der Waals surface area contributed by atoms with Crippen LogP contribution in [-0.4, -0.2) is 7.11 Å². The van der Waals surface area contributed by atoms with Crippen LogP contribution < -0.4 is 4.74 Å². The number of ether oxygens (including phenoxy) is 1. The van der Waals surface area contributed by atoms with Crippen LogP contribution in [0.4, 0.5) is 4.39 Å². The quantitative estimate of drug-likeness (QED) is 0.726. The Labute approximate surface area is 119 Å². The summed E-state index contributed by atoms with van der Waals surface area (Å²) in [6.45, 7) is 0. The Morgan fingerprint density at radius 1 is 1.17 bits per heavy atom. The number of halogens is 3. The lowest BCUT2D eigenvalue weighted by atomic mass is 10.0. The minimum Gasteiger partial charge on any atom is -0.496 e. The molecule has 2 rings (SSSR count). The van der Waals surface area contributed by atoms with Gasteiger partial charge in [0, 0.05) is 15.6 Å². The van der Waals surface area contributed by atoms with Gasteiger partial charge in [0.25, 0.3) is 0 Å². The molecule has 0 aromatic heterocycles. The molecular formula is C14H11BrClFO. The van der Waals surface area contributed by atoms with Crippen LogP contribution in [0.5, 0.6) is 5.75 Å². The fraction of sp³-hybridized carbons (Fsp3) is 0.143. The first kappa shape index (κ1) is 13.4. The molecule has 1 nitrogen and oxygen atoms in total. The molecule has 0 heterocycles. The van der Waals surface area contributed by atoms with Crippen molar-refractivity contribution in [2.75, 3.05) is 7.11 Å². The maximum Gasteiger partial charge on any atom is 0.128 e. The largest absolute Gasteiger partial charge is 0.496 e. The monoisotopic (exact) mass is 328 g/mol. The van der Waals surface area contributed by atoms with Crippen molar-refractivity contribution in [2.45, 2.75) is 5.38 Å². The zero-order valence-corrected chi connectivity index (χ0v) is 12.0. The van der Waals surface area contributed by atoms with Crippen molar-refractivity contribution in [2.24, 2.45) is 0 Å².